The molecule has 2 fully saturated rings. The number of aliphatic hydroxyl groups is 1. The number of nitrogens with zero attached hydrogens (tertiary/aromatic N) is 7. The number of aromatic nitrogens is 6. The molecule has 2 aromatic carbocycles. The molecule has 0 spiro atoms. The first-order chi connectivity index (χ1) is 22.4. The Bertz CT molecular complexity index is 1830. The zero-order valence-electron chi connectivity index (χ0n) is 25.7. The molecular formula is C34H36F2N8O2. The summed E-state index contributed by atoms with van der Waals surface area (Å²) in [5.41, 5.74) is 2.07. The van der Waals surface area contributed by atoms with E-state index in [1.807, 2.05) is 43.5 Å². The number of ether oxygens (including phenoxy) is 1. The molecule has 12 heteroatoms. The SMILES string of the molecule is Cc1nccc(Nc2nc(-c3nn(Cc4c(F)cc(OCCO)cc4F)c4ccccc34)ncc2C2CCN(CC3CC3)CC2)n1. The summed E-state index contributed by atoms with van der Waals surface area (Å²) >= 11 is 0. The van der Waals surface area contributed by atoms with Crippen LogP contribution in [0.2, 0.25) is 0 Å². The van der Waals surface area contributed by atoms with Gasteiger partial charge < -0.3 is 20.1 Å². The zero-order valence-corrected chi connectivity index (χ0v) is 25.7. The van der Waals surface area contributed by atoms with E-state index in [2.05, 4.69) is 20.2 Å². The van der Waals surface area contributed by atoms with Crippen molar-refractivity contribution in [2.24, 2.45) is 5.92 Å². The number of aliphatic hydroxyl groups excluding tert-OH is 1. The third kappa shape index (κ3) is 6.54. The molecule has 2 aliphatic rings. The molecule has 0 bridgehead atoms. The zero-order chi connectivity index (χ0) is 31.6. The molecule has 3 aromatic heterocycles. The summed E-state index contributed by atoms with van der Waals surface area (Å²) in [6.45, 7) is 4.66. The highest BCUT2D eigenvalue weighted by Gasteiger charge is 2.29. The molecule has 46 heavy (non-hydrogen) atoms. The van der Waals surface area contributed by atoms with Gasteiger partial charge in [0, 0.05) is 47.6 Å². The summed E-state index contributed by atoms with van der Waals surface area (Å²) in [7, 11) is 0. The first-order valence-electron chi connectivity index (χ1n) is 15.8. The van der Waals surface area contributed by atoms with Crippen molar-refractivity contribution in [3.8, 4) is 17.3 Å². The van der Waals surface area contributed by atoms with Crippen molar-refractivity contribution in [3.63, 3.8) is 0 Å². The van der Waals surface area contributed by atoms with Crippen molar-refractivity contribution >= 4 is 22.5 Å². The third-order valence-corrected chi connectivity index (χ3v) is 8.73. The van der Waals surface area contributed by atoms with Gasteiger partial charge in [-0.3, -0.25) is 4.68 Å². The van der Waals surface area contributed by atoms with E-state index in [9.17, 15) is 0 Å². The Morgan fingerprint density at radius 3 is 2.52 bits per heavy atom. The Balaban J connectivity index is 1.23. The first-order valence-corrected chi connectivity index (χ1v) is 15.8. The van der Waals surface area contributed by atoms with Gasteiger partial charge in [-0.1, -0.05) is 18.2 Å². The number of nitrogens with one attached hydrogen (secondary N) is 1. The van der Waals surface area contributed by atoms with Crippen LogP contribution in [0.25, 0.3) is 22.4 Å². The fraction of sp³-hybridized carbons (Fsp3) is 0.382. The summed E-state index contributed by atoms with van der Waals surface area (Å²) in [4.78, 5) is 21.2. The van der Waals surface area contributed by atoms with E-state index in [-0.39, 0.29) is 31.1 Å². The number of hydrogen-bond donors (Lipinski definition) is 2. The van der Waals surface area contributed by atoms with Crippen LogP contribution in [0, 0.1) is 24.5 Å². The fourth-order valence-electron chi connectivity index (χ4n) is 6.18. The second kappa shape index (κ2) is 13.1. The molecule has 238 valence electrons. The number of likely N-dealkylation sites (tertiary alicyclic amines) is 1. The Kier molecular flexibility index (Phi) is 8.55. The van der Waals surface area contributed by atoms with Crippen molar-refractivity contribution in [1.82, 2.24) is 34.6 Å². The minimum Gasteiger partial charge on any atom is -0.491 e. The lowest BCUT2D eigenvalue weighted by atomic mass is 9.90. The largest absolute Gasteiger partial charge is 0.491 e. The highest BCUT2D eigenvalue weighted by atomic mass is 19.1. The predicted molar refractivity (Wildman–Crippen MR) is 170 cm³/mol. The molecule has 2 N–H and O–H groups in total. The van der Waals surface area contributed by atoms with E-state index < -0.39 is 11.6 Å². The minimum absolute atomic E-state index is 0.0137. The number of hydrogen-bond acceptors (Lipinski definition) is 9. The van der Waals surface area contributed by atoms with Gasteiger partial charge in [0.25, 0.3) is 0 Å². The monoisotopic (exact) mass is 626 g/mol. The average molecular weight is 627 g/mol. The number of anilines is 2. The molecular weight excluding hydrogens is 590 g/mol. The van der Waals surface area contributed by atoms with Crippen LogP contribution in [-0.4, -0.2) is 72.6 Å². The molecule has 1 aliphatic heterocycles. The van der Waals surface area contributed by atoms with Crippen LogP contribution in [0.15, 0.2) is 54.9 Å². The Morgan fingerprint density at radius 2 is 1.78 bits per heavy atom. The van der Waals surface area contributed by atoms with E-state index in [0.29, 0.717) is 40.4 Å². The van der Waals surface area contributed by atoms with Gasteiger partial charge in [0.1, 0.15) is 47.1 Å². The fourth-order valence-corrected chi connectivity index (χ4v) is 6.18. The van der Waals surface area contributed by atoms with Crippen LogP contribution in [0.1, 0.15) is 48.6 Å². The van der Waals surface area contributed by atoms with Gasteiger partial charge in [0.2, 0.25) is 0 Å². The summed E-state index contributed by atoms with van der Waals surface area (Å²) < 4.78 is 36.9. The lowest BCUT2D eigenvalue weighted by molar-refractivity contribution is 0.200. The Labute approximate surface area is 265 Å². The molecule has 1 saturated carbocycles. The second-order valence-electron chi connectivity index (χ2n) is 12.1. The number of halogens is 2. The maximum absolute atomic E-state index is 15.1. The molecule has 5 aromatic rings. The van der Waals surface area contributed by atoms with Crippen LogP contribution in [-0.2, 0) is 6.54 Å². The van der Waals surface area contributed by atoms with Crippen molar-refractivity contribution in [2.45, 2.75) is 45.1 Å². The molecule has 7 rings (SSSR count). The summed E-state index contributed by atoms with van der Waals surface area (Å²) in [6.07, 6.45) is 8.34. The van der Waals surface area contributed by atoms with Gasteiger partial charge in [-0.15, -0.1) is 0 Å². The minimum atomic E-state index is -0.760. The van der Waals surface area contributed by atoms with Gasteiger partial charge in [0.15, 0.2) is 5.82 Å². The number of fused-ring (bicyclic) bond motifs is 1. The number of benzene rings is 2. The topological polar surface area (TPSA) is 114 Å². The summed E-state index contributed by atoms with van der Waals surface area (Å²) in [5.74, 6) is 1.99. The van der Waals surface area contributed by atoms with Gasteiger partial charge in [-0.25, -0.2) is 28.7 Å². The van der Waals surface area contributed by atoms with E-state index in [1.165, 1.54) is 19.4 Å². The molecule has 0 atom stereocenters. The molecule has 10 nitrogen and oxygen atoms in total. The predicted octanol–water partition coefficient (Wildman–Crippen LogP) is 5.62. The van der Waals surface area contributed by atoms with Gasteiger partial charge in [-0.05, 0) is 69.7 Å². The lowest BCUT2D eigenvalue weighted by Crippen LogP contribution is -2.34. The second-order valence-corrected chi connectivity index (χ2v) is 12.1. The average Bonchev–Trinajstić information content (AvgIpc) is 3.80. The number of rotatable bonds is 11. The van der Waals surface area contributed by atoms with Gasteiger partial charge >= 0.3 is 0 Å². The van der Waals surface area contributed by atoms with Crippen molar-refractivity contribution < 1.29 is 18.6 Å². The van der Waals surface area contributed by atoms with E-state index in [0.717, 1.165) is 54.9 Å². The number of piperidine rings is 1. The first kappa shape index (κ1) is 30.1. The lowest BCUT2D eigenvalue weighted by Gasteiger charge is -2.32. The Hall–Kier alpha value is -4.55. The van der Waals surface area contributed by atoms with Crippen LogP contribution in [0.3, 0.4) is 0 Å². The van der Waals surface area contributed by atoms with Gasteiger partial charge in [-0.2, -0.15) is 5.10 Å². The quantitative estimate of drug-likeness (QED) is 0.193. The Morgan fingerprint density at radius 1 is 1.00 bits per heavy atom. The van der Waals surface area contributed by atoms with Crippen LogP contribution < -0.4 is 10.1 Å². The summed E-state index contributed by atoms with van der Waals surface area (Å²) in [5, 5.41) is 18.0. The highest BCUT2D eigenvalue weighted by molar-refractivity contribution is 5.92. The maximum Gasteiger partial charge on any atom is 0.182 e. The molecule has 0 amide bonds. The highest BCUT2D eigenvalue weighted by Crippen LogP contribution is 2.37. The molecule has 4 heterocycles. The third-order valence-electron chi connectivity index (χ3n) is 8.73. The van der Waals surface area contributed by atoms with Gasteiger partial charge in [0.05, 0.1) is 18.7 Å². The molecule has 1 aliphatic carbocycles. The van der Waals surface area contributed by atoms with E-state index in [1.54, 1.807) is 10.9 Å². The normalized spacial score (nSPS) is 15.8. The number of para-hydroxylation sites is 1. The van der Waals surface area contributed by atoms with E-state index in [4.69, 9.17) is 24.9 Å². The van der Waals surface area contributed by atoms with Crippen LogP contribution in [0.5, 0.6) is 5.75 Å². The number of aryl methyl sites for hydroxylation is 1. The maximum atomic E-state index is 15.1. The van der Waals surface area contributed by atoms with Crippen molar-refractivity contribution in [1.29, 1.82) is 0 Å². The molecule has 0 radical (unpaired) electrons. The van der Waals surface area contributed by atoms with Crippen molar-refractivity contribution in [2.75, 3.05) is 38.2 Å². The van der Waals surface area contributed by atoms with Crippen LogP contribution in [0.4, 0.5) is 20.4 Å². The van der Waals surface area contributed by atoms with Crippen molar-refractivity contribution in [3.05, 3.63) is 83.4 Å². The molecule has 1 saturated heterocycles. The molecule has 0 unspecified atom stereocenters. The van der Waals surface area contributed by atoms with E-state index >= 15 is 8.78 Å². The summed E-state index contributed by atoms with van der Waals surface area (Å²) in [6, 6.07) is 11.5. The smallest absolute Gasteiger partial charge is 0.182 e. The van der Waals surface area contributed by atoms with Crippen LogP contribution >= 0.6 is 0 Å². The standard InChI is InChI=1S/C34H36F2N8O2/c1-21-37-11-8-31(39-21)40-33-26(23-9-12-43(13-10-23)19-22-6-7-22)18-38-34(41-33)32-25-4-2-3-5-30(25)44(42-32)20-27-28(35)16-24(17-29(27)36)46-15-14-45/h2-5,8,11,16-18,22-23,45H,6-7,9-10,12-15,19-20H2,1H3,(H,37,38,39,40,41).